The van der Waals surface area contributed by atoms with Gasteiger partial charge in [-0.2, -0.15) is 13.2 Å². The maximum absolute atomic E-state index is 12.1. The molecule has 0 saturated heterocycles. The van der Waals surface area contributed by atoms with Gasteiger partial charge in [-0.3, -0.25) is 0 Å². The molecule has 21 heavy (non-hydrogen) atoms. The van der Waals surface area contributed by atoms with Crippen LogP contribution in [0.2, 0.25) is 0 Å². The maximum Gasteiger partial charge on any atom is 0.389 e. The summed E-state index contributed by atoms with van der Waals surface area (Å²) in [4.78, 5) is 0.211. The van der Waals surface area contributed by atoms with E-state index in [1.807, 2.05) is 0 Å². The fourth-order valence-electron chi connectivity index (χ4n) is 1.94. The summed E-state index contributed by atoms with van der Waals surface area (Å²) >= 11 is 0. The minimum atomic E-state index is -4.14. The number of sulfone groups is 1. The van der Waals surface area contributed by atoms with E-state index in [-0.39, 0.29) is 17.1 Å². The van der Waals surface area contributed by atoms with E-state index in [9.17, 15) is 21.6 Å². The number of hydrogen-bond acceptors (Lipinski definition) is 3. The number of rotatable bonds is 8. The number of para-hydroxylation sites is 1. The van der Waals surface area contributed by atoms with Gasteiger partial charge in [0.2, 0.25) is 0 Å². The molecule has 0 bridgehead atoms. The van der Waals surface area contributed by atoms with Gasteiger partial charge in [0.05, 0.1) is 16.3 Å². The molecule has 1 N–H and O–H groups in total. The van der Waals surface area contributed by atoms with Crippen LogP contribution in [0.15, 0.2) is 29.2 Å². The van der Waals surface area contributed by atoms with E-state index in [1.54, 1.807) is 25.1 Å². The second-order valence-electron chi connectivity index (χ2n) is 4.81. The summed E-state index contributed by atoms with van der Waals surface area (Å²) < 4.78 is 60.2. The summed E-state index contributed by atoms with van der Waals surface area (Å²) in [6, 6.07) is 6.48. The zero-order valence-electron chi connectivity index (χ0n) is 11.9. The highest BCUT2D eigenvalue weighted by Gasteiger charge is 2.25. The molecule has 1 rings (SSSR count). The largest absolute Gasteiger partial charge is 0.389 e. The predicted octanol–water partition coefficient (Wildman–Crippen LogP) is 4.01. The van der Waals surface area contributed by atoms with Gasteiger partial charge in [0.25, 0.3) is 0 Å². The molecule has 0 aliphatic rings. The van der Waals surface area contributed by atoms with Gasteiger partial charge in [-0.25, -0.2) is 8.42 Å². The third-order valence-electron chi connectivity index (χ3n) is 2.90. The van der Waals surface area contributed by atoms with Crippen LogP contribution in [0.3, 0.4) is 0 Å². The molecule has 1 aromatic carbocycles. The van der Waals surface area contributed by atoms with Gasteiger partial charge >= 0.3 is 6.18 Å². The van der Waals surface area contributed by atoms with Gasteiger partial charge in [0.15, 0.2) is 9.84 Å². The lowest BCUT2D eigenvalue weighted by atomic mass is 10.2. The first-order valence-corrected chi connectivity index (χ1v) is 8.54. The Morgan fingerprint density at radius 1 is 1.14 bits per heavy atom. The maximum atomic E-state index is 12.1. The van der Waals surface area contributed by atoms with E-state index in [0.717, 1.165) is 0 Å². The highest BCUT2D eigenvalue weighted by atomic mass is 32.2. The van der Waals surface area contributed by atoms with E-state index in [1.165, 1.54) is 6.07 Å². The predicted molar refractivity (Wildman–Crippen MR) is 77.2 cm³/mol. The van der Waals surface area contributed by atoms with Crippen molar-refractivity contribution in [1.29, 1.82) is 0 Å². The summed E-state index contributed by atoms with van der Waals surface area (Å²) in [7, 11) is -3.35. The van der Waals surface area contributed by atoms with Crippen molar-refractivity contribution in [2.24, 2.45) is 0 Å². The number of unbranched alkanes of at least 4 members (excludes halogenated alkanes) is 1. The zero-order valence-corrected chi connectivity index (χ0v) is 12.7. The van der Waals surface area contributed by atoms with E-state index in [4.69, 9.17) is 0 Å². The first kappa shape index (κ1) is 17.8. The second-order valence-corrected chi connectivity index (χ2v) is 6.89. The zero-order chi connectivity index (χ0) is 15.9. The third-order valence-corrected chi connectivity index (χ3v) is 4.87. The van der Waals surface area contributed by atoms with E-state index >= 15 is 0 Å². The van der Waals surface area contributed by atoms with Crippen LogP contribution in [0.4, 0.5) is 18.9 Å². The van der Waals surface area contributed by atoms with Gasteiger partial charge in [-0.05, 0) is 31.4 Å². The number of halogens is 3. The van der Waals surface area contributed by atoms with Crippen LogP contribution < -0.4 is 5.32 Å². The van der Waals surface area contributed by atoms with Crippen molar-refractivity contribution < 1.29 is 21.6 Å². The summed E-state index contributed by atoms with van der Waals surface area (Å²) in [6.45, 7) is 2.10. The van der Waals surface area contributed by atoms with Crippen molar-refractivity contribution in [3.05, 3.63) is 24.3 Å². The number of nitrogens with one attached hydrogen (secondary N) is 1. The number of benzene rings is 1. The van der Waals surface area contributed by atoms with Crippen molar-refractivity contribution in [2.45, 2.75) is 43.7 Å². The van der Waals surface area contributed by atoms with Crippen LogP contribution in [0.1, 0.15) is 32.6 Å². The molecule has 0 saturated carbocycles. The summed E-state index contributed by atoms with van der Waals surface area (Å²) in [5, 5.41) is 2.92. The molecule has 0 radical (unpaired) electrons. The van der Waals surface area contributed by atoms with Crippen molar-refractivity contribution in [3.63, 3.8) is 0 Å². The molecule has 0 aromatic heterocycles. The molecular formula is C14H20F3NO2S. The molecule has 1 aromatic rings. The standard InChI is InChI=1S/C14H20F3NO2S/c1-2-11-21(19,20)13-8-4-3-7-12(13)18-10-6-5-9-14(15,16)17/h3-4,7-8,18H,2,5-6,9-11H2,1H3. The number of hydrogen-bond donors (Lipinski definition) is 1. The lowest BCUT2D eigenvalue weighted by molar-refractivity contribution is -0.135. The molecule has 7 heteroatoms. The molecule has 0 spiro atoms. The average molecular weight is 323 g/mol. The topological polar surface area (TPSA) is 46.2 Å². The van der Waals surface area contributed by atoms with Crippen LogP contribution in [-0.2, 0) is 9.84 Å². The second kappa shape index (κ2) is 7.68. The Bertz CT molecular complexity index is 541. The molecule has 0 unspecified atom stereocenters. The van der Waals surface area contributed by atoms with Crippen molar-refractivity contribution >= 4 is 15.5 Å². The quantitative estimate of drug-likeness (QED) is 0.735. The highest BCUT2D eigenvalue weighted by molar-refractivity contribution is 7.91. The fourth-order valence-corrected chi connectivity index (χ4v) is 3.45. The average Bonchev–Trinajstić information content (AvgIpc) is 2.37. The molecule has 0 heterocycles. The molecule has 0 atom stereocenters. The van der Waals surface area contributed by atoms with E-state index < -0.39 is 22.4 Å². The van der Waals surface area contributed by atoms with Gasteiger partial charge in [0.1, 0.15) is 0 Å². The first-order valence-electron chi connectivity index (χ1n) is 6.88. The highest BCUT2D eigenvalue weighted by Crippen LogP contribution is 2.24. The Hall–Kier alpha value is -1.24. The molecule has 3 nitrogen and oxygen atoms in total. The minimum Gasteiger partial charge on any atom is -0.384 e. The van der Waals surface area contributed by atoms with Crippen LogP contribution in [0, 0.1) is 0 Å². The molecule has 0 fully saturated rings. The van der Waals surface area contributed by atoms with Crippen molar-refractivity contribution in [1.82, 2.24) is 0 Å². The lowest BCUT2D eigenvalue weighted by Gasteiger charge is -2.12. The summed E-state index contributed by atoms with van der Waals surface area (Å²) in [5.41, 5.74) is 0.456. The Morgan fingerprint density at radius 3 is 2.43 bits per heavy atom. The van der Waals surface area contributed by atoms with E-state index in [0.29, 0.717) is 25.1 Å². The summed E-state index contributed by atoms with van der Waals surface area (Å²) in [5.74, 6) is 0.0553. The van der Waals surface area contributed by atoms with Crippen LogP contribution in [0.5, 0.6) is 0 Å². The van der Waals surface area contributed by atoms with Gasteiger partial charge in [-0.1, -0.05) is 19.1 Å². The van der Waals surface area contributed by atoms with Crippen molar-refractivity contribution in [2.75, 3.05) is 17.6 Å². The SMILES string of the molecule is CCCS(=O)(=O)c1ccccc1NCCCCC(F)(F)F. The van der Waals surface area contributed by atoms with Gasteiger partial charge in [-0.15, -0.1) is 0 Å². The van der Waals surface area contributed by atoms with Crippen LogP contribution in [0.25, 0.3) is 0 Å². The number of alkyl halides is 3. The number of anilines is 1. The molecule has 0 aliphatic carbocycles. The van der Waals surface area contributed by atoms with Crippen LogP contribution in [-0.4, -0.2) is 26.9 Å². The normalized spacial score (nSPS) is 12.4. The van der Waals surface area contributed by atoms with E-state index in [2.05, 4.69) is 5.32 Å². The lowest BCUT2D eigenvalue weighted by Crippen LogP contribution is -2.12. The third kappa shape index (κ3) is 6.37. The molecular weight excluding hydrogens is 303 g/mol. The molecule has 120 valence electrons. The molecule has 0 aliphatic heterocycles. The van der Waals surface area contributed by atoms with Crippen LogP contribution >= 0.6 is 0 Å². The monoisotopic (exact) mass is 323 g/mol. The van der Waals surface area contributed by atoms with Crippen molar-refractivity contribution in [3.8, 4) is 0 Å². The minimum absolute atomic E-state index is 0.0282. The van der Waals surface area contributed by atoms with Gasteiger partial charge < -0.3 is 5.32 Å². The van der Waals surface area contributed by atoms with Gasteiger partial charge in [0, 0.05) is 13.0 Å². The molecule has 0 amide bonds. The Morgan fingerprint density at radius 2 is 1.81 bits per heavy atom. The first-order chi connectivity index (χ1) is 9.76. The Balaban J connectivity index is 2.60. The Labute approximate surface area is 123 Å². The smallest absolute Gasteiger partial charge is 0.384 e. The summed E-state index contributed by atoms with van der Waals surface area (Å²) in [6.07, 6.45) is -4.07. The Kier molecular flexibility index (Phi) is 6.51. The fraction of sp³-hybridized carbons (Fsp3) is 0.571.